The predicted octanol–water partition coefficient (Wildman–Crippen LogP) is 3.22. The Morgan fingerprint density at radius 1 is 1.24 bits per heavy atom. The summed E-state index contributed by atoms with van der Waals surface area (Å²) >= 11 is 0. The summed E-state index contributed by atoms with van der Waals surface area (Å²) in [5.41, 5.74) is 8.49. The minimum Gasteiger partial charge on any atom is -0.328 e. The lowest BCUT2D eigenvalue weighted by atomic mass is 9.91. The van der Waals surface area contributed by atoms with E-state index in [4.69, 9.17) is 5.73 Å². The average Bonchev–Trinajstić information content (AvgIpc) is 2.48. The highest BCUT2D eigenvalue weighted by Gasteiger charge is 2.22. The summed E-state index contributed by atoms with van der Waals surface area (Å²) in [5, 5.41) is 1.23. The highest BCUT2D eigenvalue weighted by molar-refractivity contribution is 5.85. The zero-order valence-corrected chi connectivity index (χ0v) is 13.4. The molecule has 2 N–H and O–H groups in total. The highest BCUT2D eigenvalue weighted by atomic mass is 35.5. The molecule has 1 aromatic heterocycles. The fraction of sp³-hybridized carbons (Fsp3) is 0.471. The van der Waals surface area contributed by atoms with Crippen molar-refractivity contribution in [1.29, 1.82) is 0 Å². The van der Waals surface area contributed by atoms with Crippen molar-refractivity contribution in [3.05, 3.63) is 42.1 Å². The quantitative estimate of drug-likeness (QED) is 0.947. The third kappa shape index (κ3) is 3.73. The van der Waals surface area contributed by atoms with E-state index in [9.17, 15) is 0 Å². The Labute approximate surface area is 132 Å². The first kappa shape index (κ1) is 16.2. The number of nitrogens with zero attached hydrogens (tertiary/aromatic N) is 2. The molecular formula is C17H24ClN3. The van der Waals surface area contributed by atoms with Gasteiger partial charge >= 0.3 is 0 Å². The van der Waals surface area contributed by atoms with Crippen molar-refractivity contribution in [3.8, 4) is 0 Å². The maximum atomic E-state index is 6.01. The van der Waals surface area contributed by atoms with Crippen LogP contribution in [0.3, 0.4) is 0 Å². The van der Waals surface area contributed by atoms with Crippen LogP contribution in [0.1, 0.15) is 25.3 Å². The van der Waals surface area contributed by atoms with Crippen LogP contribution in [0.5, 0.6) is 0 Å². The molecule has 1 aliphatic heterocycles. The van der Waals surface area contributed by atoms with Gasteiger partial charge in [-0.3, -0.25) is 9.88 Å². The van der Waals surface area contributed by atoms with E-state index in [1.807, 2.05) is 12.3 Å². The van der Waals surface area contributed by atoms with E-state index in [0.29, 0.717) is 12.0 Å². The van der Waals surface area contributed by atoms with Crippen LogP contribution in [0.25, 0.3) is 10.9 Å². The van der Waals surface area contributed by atoms with Crippen molar-refractivity contribution in [2.24, 2.45) is 11.7 Å². The number of para-hydroxylation sites is 1. The van der Waals surface area contributed by atoms with Crippen LogP contribution in [0, 0.1) is 5.92 Å². The number of likely N-dealkylation sites (tertiary alicyclic amines) is 1. The molecule has 1 unspecified atom stereocenters. The Morgan fingerprint density at radius 3 is 2.67 bits per heavy atom. The summed E-state index contributed by atoms with van der Waals surface area (Å²) in [6, 6.07) is 10.9. The fourth-order valence-corrected chi connectivity index (χ4v) is 3.17. The van der Waals surface area contributed by atoms with Crippen molar-refractivity contribution < 1.29 is 0 Å². The zero-order chi connectivity index (χ0) is 13.9. The van der Waals surface area contributed by atoms with Gasteiger partial charge in [0.25, 0.3) is 0 Å². The van der Waals surface area contributed by atoms with Crippen LogP contribution in [0.4, 0.5) is 0 Å². The van der Waals surface area contributed by atoms with Crippen molar-refractivity contribution in [1.82, 2.24) is 9.88 Å². The molecule has 21 heavy (non-hydrogen) atoms. The molecule has 4 heteroatoms. The number of fused-ring (bicyclic) bond motifs is 1. The number of halogens is 1. The number of hydrogen-bond donors (Lipinski definition) is 1. The van der Waals surface area contributed by atoms with Crippen molar-refractivity contribution in [2.45, 2.75) is 32.4 Å². The minimum atomic E-state index is 0. The molecule has 0 radical (unpaired) electrons. The third-order valence-electron chi connectivity index (χ3n) is 4.49. The van der Waals surface area contributed by atoms with Crippen LogP contribution < -0.4 is 5.73 Å². The van der Waals surface area contributed by atoms with Gasteiger partial charge in [0.2, 0.25) is 0 Å². The summed E-state index contributed by atoms with van der Waals surface area (Å²) < 4.78 is 0. The molecule has 3 nitrogen and oxygen atoms in total. The van der Waals surface area contributed by atoms with Gasteiger partial charge in [0.15, 0.2) is 0 Å². The molecule has 114 valence electrons. The molecular weight excluding hydrogens is 282 g/mol. The Morgan fingerprint density at radius 2 is 1.95 bits per heavy atom. The van der Waals surface area contributed by atoms with E-state index in [0.717, 1.165) is 25.2 Å². The number of pyridine rings is 1. The smallest absolute Gasteiger partial charge is 0.0746 e. The van der Waals surface area contributed by atoms with E-state index in [1.165, 1.54) is 23.8 Å². The highest BCUT2D eigenvalue weighted by Crippen LogP contribution is 2.23. The molecule has 0 spiro atoms. The van der Waals surface area contributed by atoms with Gasteiger partial charge < -0.3 is 5.73 Å². The number of aromatic nitrogens is 1. The van der Waals surface area contributed by atoms with E-state index >= 15 is 0 Å². The van der Waals surface area contributed by atoms with Gasteiger partial charge in [0.05, 0.1) is 5.52 Å². The largest absolute Gasteiger partial charge is 0.328 e. The molecule has 1 fully saturated rings. The normalized spacial score (nSPS) is 18.4. The molecule has 3 rings (SSSR count). The van der Waals surface area contributed by atoms with Gasteiger partial charge in [0.1, 0.15) is 0 Å². The molecule has 0 bridgehead atoms. The fourth-order valence-electron chi connectivity index (χ4n) is 3.17. The van der Waals surface area contributed by atoms with Crippen LogP contribution in [0.2, 0.25) is 0 Å². The Balaban J connectivity index is 0.00000161. The second-order valence-corrected chi connectivity index (χ2v) is 5.96. The minimum absolute atomic E-state index is 0. The molecule has 1 aliphatic rings. The van der Waals surface area contributed by atoms with Crippen molar-refractivity contribution in [3.63, 3.8) is 0 Å². The summed E-state index contributed by atoms with van der Waals surface area (Å²) in [6.07, 6.45) is 4.32. The molecule has 2 aromatic rings. The molecule has 2 heterocycles. The maximum Gasteiger partial charge on any atom is 0.0746 e. The summed E-state index contributed by atoms with van der Waals surface area (Å²) in [4.78, 5) is 7.07. The molecule has 0 aliphatic carbocycles. The van der Waals surface area contributed by atoms with Gasteiger partial charge in [-0.1, -0.05) is 24.3 Å². The first-order valence-corrected chi connectivity index (χ1v) is 7.54. The van der Waals surface area contributed by atoms with Crippen molar-refractivity contribution in [2.75, 3.05) is 13.1 Å². The predicted molar refractivity (Wildman–Crippen MR) is 90.6 cm³/mol. The standard InChI is InChI=1S/C17H23N3.ClH/c1-13(18)14-7-10-20(11-8-14)12-16-5-2-4-15-6-3-9-19-17(15)16;/h2-6,9,13-14H,7-8,10-12,18H2,1H3;1H. The van der Waals surface area contributed by atoms with Gasteiger partial charge in [-0.25, -0.2) is 0 Å². The maximum absolute atomic E-state index is 6.01. The molecule has 0 amide bonds. The van der Waals surface area contributed by atoms with E-state index in [2.05, 4.69) is 41.1 Å². The summed E-state index contributed by atoms with van der Waals surface area (Å²) in [6.45, 7) is 5.43. The molecule has 1 aromatic carbocycles. The number of hydrogen-bond acceptors (Lipinski definition) is 3. The van der Waals surface area contributed by atoms with Crippen LogP contribution in [-0.2, 0) is 6.54 Å². The van der Waals surface area contributed by atoms with Gasteiger partial charge in [0, 0.05) is 24.2 Å². The monoisotopic (exact) mass is 305 g/mol. The molecule has 1 atom stereocenters. The molecule has 0 saturated carbocycles. The zero-order valence-electron chi connectivity index (χ0n) is 12.5. The van der Waals surface area contributed by atoms with Gasteiger partial charge in [-0.05, 0) is 50.4 Å². The van der Waals surface area contributed by atoms with E-state index in [1.54, 1.807) is 0 Å². The Bertz CT molecular complexity index is 572. The van der Waals surface area contributed by atoms with Crippen LogP contribution in [-0.4, -0.2) is 29.0 Å². The third-order valence-corrected chi connectivity index (χ3v) is 4.49. The van der Waals surface area contributed by atoms with Crippen molar-refractivity contribution >= 4 is 23.3 Å². The lowest BCUT2D eigenvalue weighted by Crippen LogP contribution is -2.39. The Hall–Kier alpha value is -1.16. The topological polar surface area (TPSA) is 42.1 Å². The lowest BCUT2D eigenvalue weighted by Gasteiger charge is -2.33. The SMILES string of the molecule is CC(N)C1CCN(Cc2cccc3cccnc23)CC1.Cl. The van der Waals surface area contributed by atoms with E-state index < -0.39 is 0 Å². The Kier molecular flexibility index (Phi) is 5.57. The number of nitrogens with two attached hydrogens (primary N) is 1. The van der Waals surface area contributed by atoms with Gasteiger partial charge in [-0.15, -0.1) is 12.4 Å². The number of rotatable bonds is 3. The van der Waals surface area contributed by atoms with Gasteiger partial charge in [-0.2, -0.15) is 0 Å². The second-order valence-electron chi connectivity index (χ2n) is 5.96. The van der Waals surface area contributed by atoms with Crippen LogP contribution in [0.15, 0.2) is 36.5 Å². The van der Waals surface area contributed by atoms with Crippen LogP contribution >= 0.6 is 12.4 Å². The first-order valence-electron chi connectivity index (χ1n) is 7.54. The molecule has 1 saturated heterocycles. The number of piperidine rings is 1. The lowest BCUT2D eigenvalue weighted by molar-refractivity contribution is 0.166. The first-order chi connectivity index (χ1) is 9.74. The average molecular weight is 306 g/mol. The summed E-state index contributed by atoms with van der Waals surface area (Å²) in [5.74, 6) is 0.692. The second kappa shape index (κ2) is 7.21. The summed E-state index contributed by atoms with van der Waals surface area (Å²) in [7, 11) is 0. The number of benzene rings is 1. The van der Waals surface area contributed by atoms with E-state index in [-0.39, 0.29) is 12.4 Å².